The lowest BCUT2D eigenvalue weighted by Gasteiger charge is -2.16. The van der Waals surface area contributed by atoms with Crippen molar-refractivity contribution in [2.45, 2.75) is 19.9 Å². The number of thioether (sulfide) groups is 1. The van der Waals surface area contributed by atoms with E-state index in [4.69, 9.17) is 5.11 Å². The average Bonchev–Trinajstić information content (AvgIpc) is 2.35. The molecule has 0 saturated carbocycles. The largest absolute Gasteiger partial charge is 0.478 e. The van der Waals surface area contributed by atoms with E-state index in [0.29, 0.717) is 0 Å². The highest BCUT2D eigenvalue weighted by molar-refractivity contribution is 7.99. The second-order valence-electron chi connectivity index (χ2n) is 4.00. The number of carbonyl (C=O) groups is 1. The number of nitrogens with zero attached hydrogens (tertiary/aromatic N) is 1. The minimum atomic E-state index is -1.10. The summed E-state index contributed by atoms with van der Waals surface area (Å²) in [6, 6.07) is 3.74. The average molecular weight is 284 g/mol. The molecule has 6 nitrogen and oxygen atoms in total. The Morgan fingerprint density at radius 1 is 1.58 bits per heavy atom. The first-order chi connectivity index (χ1) is 8.95. The van der Waals surface area contributed by atoms with Gasteiger partial charge in [0, 0.05) is 23.9 Å². The van der Waals surface area contributed by atoms with Crippen molar-refractivity contribution in [1.29, 1.82) is 0 Å². The number of nitrogens with one attached hydrogen (secondary N) is 1. The Kier molecular flexibility index (Phi) is 5.62. The first-order valence-electron chi connectivity index (χ1n) is 5.81. The number of nitro benzene ring substituents is 1. The van der Waals surface area contributed by atoms with E-state index in [9.17, 15) is 14.9 Å². The molecule has 1 atom stereocenters. The Labute approximate surface area is 115 Å². The summed E-state index contributed by atoms with van der Waals surface area (Å²) in [6.07, 6.45) is 0. The first kappa shape index (κ1) is 15.3. The summed E-state index contributed by atoms with van der Waals surface area (Å²) in [5, 5.41) is 22.8. The summed E-state index contributed by atoms with van der Waals surface area (Å²) in [5.41, 5.74) is 0.202. The Balaban J connectivity index is 2.97. The van der Waals surface area contributed by atoms with Crippen molar-refractivity contribution in [3.05, 3.63) is 33.9 Å². The van der Waals surface area contributed by atoms with Crippen molar-refractivity contribution in [3.63, 3.8) is 0 Å². The second kappa shape index (κ2) is 6.98. The molecule has 1 rings (SSSR count). The number of carboxylic acids is 1. The van der Waals surface area contributed by atoms with Gasteiger partial charge in [-0.3, -0.25) is 10.1 Å². The van der Waals surface area contributed by atoms with Crippen LogP contribution in [0.5, 0.6) is 0 Å². The molecule has 0 radical (unpaired) electrons. The maximum atomic E-state index is 11.1. The number of hydrogen-bond acceptors (Lipinski definition) is 5. The molecule has 104 valence electrons. The predicted octanol–water partition coefficient (Wildman–Crippen LogP) is 2.85. The number of non-ortho nitro benzene ring substituents is 1. The van der Waals surface area contributed by atoms with E-state index >= 15 is 0 Å². The Hall–Kier alpha value is -1.76. The monoisotopic (exact) mass is 284 g/mol. The summed E-state index contributed by atoms with van der Waals surface area (Å²) in [7, 11) is 0. The highest BCUT2D eigenvalue weighted by atomic mass is 32.2. The van der Waals surface area contributed by atoms with E-state index in [0.717, 1.165) is 11.5 Å². The molecule has 1 aromatic rings. The molecular formula is C12H16N2O4S. The van der Waals surface area contributed by atoms with Crippen LogP contribution in [-0.2, 0) is 0 Å². The van der Waals surface area contributed by atoms with Crippen LogP contribution in [0.2, 0.25) is 0 Å². The van der Waals surface area contributed by atoms with Gasteiger partial charge in [0.25, 0.3) is 5.69 Å². The van der Waals surface area contributed by atoms with Gasteiger partial charge < -0.3 is 10.4 Å². The normalized spacial score (nSPS) is 11.9. The van der Waals surface area contributed by atoms with E-state index in [1.807, 2.05) is 13.8 Å². The number of anilines is 1. The molecule has 0 amide bonds. The molecule has 2 N–H and O–H groups in total. The molecule has 7 heteroatoms. The molecule has 19 heavy (non-hydrogen) atoms. The number of benzene rings is 1. The van der Waals surface area contributed by atoms with Gasteiger partial charge in [-0.2, -0.15) is 11.8 Å². The van der Waals surface area contributed by atoms with Gasteiger partial charge in [0.2, 0.25) is 0 Å². The van der Waals surface area contributed by atoms with Gasteiger partial charge in [0.05, 0.1) is 16.2 Å². The van der Waals surface area contributed by atoms with Crippen molar-refractivity contribution in [2.75, 3.05) is 16.8 Å². The Morgan fingerprint density at radius 3 is 2.79 bits per heavy atom. The van der Waals surface area contributed by atoms with Crippen LogP contribution < -0.4 is 5.32 Å². The lowest BCUT2D eigenvalue weighted by atomic mass is 10.1. The molecule has 1 unspecified atom stereocenters. The van der Waals surface area contributed by atoms with E-state index in [-0.39, 0.29) is 23.0 Å². The van der Waals surface area contributed by atoms with Crippen molar-refractivity contribution in [2.24, 2.45) is 0 Å². The molecule has 0 aliphatic rings. The lowest BCUT2D eigenvalue weighted by molar-refractivity contribution is -0.384. The maximum Gasteiger partial charge on any atom is 0.337 e. The fourth-order valence-electron chi connectivity index (χ4n) is 1.55. The predicted molar refractivity (Wildman–Crippen MR) is 76.1 cm³/mol. The van der Waals surface area contributed by atoms with Crippen LogP contribution >= 0.6 is 11.8 Å². The van der Waals surface area contributed by atoms with Crippen LogP contribution in [0.1, 0.15) is 24.2 Å². The molecule has 0 aliphatic heterocycles. The van der Waals surface area contributed by atoms with Crippen LogP contribution in [0.15, 0.2) is 18.2 Å². The van der Waals surface area contributed by atoms with Gasteiger partial charge >= 0.3 is 5.97 Å². The smallest absolute Gasteiger partial charge is 0.337 e. The molecule has 0 aliphatic carbocycles. The third kappa shape index (κ3) is 4.44. The van der Waals surface area contributed by atoms with E-state index < -0.39 is 10.9 Å². The van der Waals surface area contributed by atoms with E-state index in [1.165, 1.54) is 18.2 Å². The van der Waals surface area contributed by atoms with Gasteiger partial charge in [-0.1, -0.05) is 6.92 Å². The zero-order valence-electron chi connectivity index (χ0n) is 10.8. The summed E-state index contributed by atoms with van der Waals surface area (Å²) >= 11 is 1.72. The summed E-state index contributed by atoms with van der Waals surface area (Å²) in [5.74, 6) is 0.665. The van der Waals surface area contributed by atoms with Crippen molar-refractivity contribution in [1.82, 2.24) is 0 Å². The molecule has 0 fully saturated rings. The fourth-order valence-corrected chi connectivity index (χ4v) is 2.23. The molecule has 0 aromatic heterocycles. The van der Waals surface area contributed by atoms with Gasteiger partial charge in [-0.15, -0.1) is 0 Å². The van der Waals surface area contributed by atoms with Gasteiger partial charge in [-0.25, -0.2) is 4.79 Å². The van der Waals surface area contributed by atoms with E-state index in [1.54, 1.807) is 11.8 Å². The topological polar surface area (TPSA) is 92.5 Å². The third-order valence-electron chi connectivity index (χ3n) is 2.42. The minimum absolute atomic E-state index is 0.0325. The molecule has 0 spiro atoms. The Morgan fingerprint density at radius 2 is 2.26 bits per heavy atom. The Bertz CT molecular complexity index is 479. The SMILES string of the molecule is CCSCC(C)Nc1cc([N+](=O)[O-])ccc1C(=O)O. The number of rotatable bonds is 7. The molecule has 1 aromatic carbocycles. The van der Waals surface area contributed by atoms with Crippen molar-refractivity contribution < 1.29 is 14.8 Å². The number of hydrogen-bond donors (Lipinski definition) is 2. The number of carboxylic acid groups (broad SMARTS) is 1. The van der Waals surface area contributed by atoms with Crippen molar-refractivity contribution >= 4 is 29.1 Å². The fraction of sp³-hybridized carbons (Fsp3) is 0.417. The number of aromatic carboxylic acids is 1. The standard InChI is InChI=1S/C12H16N2O4S/c1-3-19-7-8(2)13-11-6-9(14(17)18)4-5-10(11)12(15)16/h4-6,8,13H,3,7H2,1-2H3,(H,15,16). The van der Waals surface area contributed by atoms with Crippen LogP contribution in [-0.4, -0.2) is 33.5 Å². The van der Waals surface area contributed by atoms with Crippen molar-refractivity contribution in [3.8, 4) is 0 Å². The van der Waals surface area contributed by atoms with Crippen LogP contribution in [0, 0.1) is 10.1 Å². The summed E-state index contributed by atoms with van der Waals surface area (Å²) in [6.45, 7) is 3.94. The molecule has 0 heterocycles. The first-order valence-corrected chi connectivity index (χ1v) is 6.97. The highest BCUT2D eigenvalue weighted by Gasteiger charge is 2.16. The molecule has 0 saturated heterocycles. The van der Waals surface area contributed by atoms with Gasteiger partial charge in [-0.05, 0) is 18.7 Å². The van der Waals surface area contributed by atoms with Gasteiger partial charge in [0.1, 0.15) is 0 Å². The van der Waals surface area contributed by atoms with Crippen LogP contribution in [0.4, 0.5) is 11.4 Å². The third-order valence-corrected chi connectivity index (χ3v) is 3.56. The summed E-state index contributed by atoms with van der Waals surface area (Å²) < 4.78 is 0. The van der Waals surface area contributed by atoms with Gasteiger partial charge in [0.15, 0.2) is 0 Å². The highest BCUT2D eigenvalue weighted by Crippen LogP contribution is 2.23. The van der Waals surface area contributed by atoms with Crippen LogP contribution in [0.3, 0.4) is 0 Å². The second-order valence-corrected chi connectivity index (χ2v) is 5.32. The minimum Gasteiger partial charge on any atom is -0.478 e. The summed E-state index contributed by atoms with van der Waals surface area (Å²) in [4.78, 5) is 21.3. The van der Waals surface area contributed by atoms with E-state index in [2.05, 4.69) is 5.32 Å². The quantitative estimate of drug-likeness (QED) is 0.591. The maximum absolute atomic E-state index is 11.1. The zero-order chi connectivity index (χ0) is 14.4. The molecule has 0 bridgehead atoms. The number of nitro groups is 1. The van der Waals surface area contributed by atoms with Crippen LogP contribution in [0.25, 0.3) is 0 Å². The lowest BCUT2D eigenvalue weighted by Crippen LogP contribution is -2.20. The zero-order valence-corrected chi connectivity index (χ0v) is 11.6. The molecular weight excluding hydrogens is 268 g/mol.